The van der Waals surface area contributed by atoms with Gasteiger partial charge in [-0.1, -0.05) is 46.0 Å². The van der Waals surface area contributed by atoms with Crippen LogP contribution in [0.2, 0.25) is 0 Å². The van der Waals surface area contributed by atoms with Gasteiger partial charge in [0.05, 0.1) is 11.3 Å². The fourth-order valence-electron chi connectivity index (χ4n) is 4.30. The number of allylic oxidation sites excluding steroid dienone is 1. The molecule has 2 aliphatic heterocycles. The zero-order chi connectivity index (χ0) is 27.5. The minimum absolute atomic E-state index is 0.0650. The number of carbonyl (C=O) groups is 2. The lowest BCUT2D eigenvalue weighted by molar-refractivity contribution is -0.126. The number of pyridine rings is 1. The molecule has 1 unspecified atom stereocenters. The van der Waals surface area contributed by atoms with Crippen LogP contribution in [0.15, 0.2) is 95.0 Å². The number of halogens is 1. The number of likely N-dealkylation sites (N-methyl/N-ethyl adjacent to an activating group) is 1. The van der Waals surface area contributed by atoms with E-state index in [-0.39, 0.29) is 18.1 Å². The Kier molecular flexibility index (Phi) is 7.50. The summed E-state index contributed by atoms with van der Waals surface area (Å²) >= 11 is 3.43. The fraction of sp³-hybridized carbons (Fsp3) is 0.167. The molecule has 2 aromatic carbocycles. The van der Waals surface area contributed by atoms with Crippen LogP contribution >= 0.6 is 15.9 Å². The van der Waals surface area contributed by atoms with Gasteiger partial charge in [0.25, 0.3) is 11.8 Å². The number of rotatable bonds is 3. The van der Waals surface area contributed by atoms with E-state index in [1.165, 1.54) is 4.90 Å². The maximum Gasteiger partial charge on any atom is 0.252 e. The number of aromatic nitrogens is 1. The average molecular weight is 585 g/mol. The molecular formula is C30H25BrN4O4. The van der Waals surface area contributed by atoms with Gasteiger partial charge >= 0.3 is 0 Å². The lowest BCUT2D eigenvalue weighted by Crippen LogP contribution is -2.51. The highest BCUT2D eigenvalue weighted by atomic mass is 79.9. The molecular weight excluding hydrogens is 560 g/mol. The number of anilines is 2. The molecule has 0 spiro atoms. The summed E-state index contributed by atoms with van der Waals surface area (Å²) in [5.74, 6) is 5.71. The van der Waals surface area contributed by atoms with E-state index in [0.29, 0.717) is 21.5 Å². The second-order valence-corrected chi connectivity index (χ2v) is 9.89. The molecule has 2 N–H and O–H groups in total. The maximum atomic E-state index is 13.4. The Labute approximate surface area is 234 Å². The topological polar surface area (TPSA) is 95.0 Å². The van der Waals surface area contributed by atoms with Gasteiger partial charge in [-0.15, -0.1) is 0 Å². The number of para-hydroxylation sites is 1. The van der Waals surface area contributed by atoms with Crippen LogP contribution in [-0.2, 0) is 9.59 Å². The Hall–Kier alpha value is -4.39. The molecule has 2 aliphatic rings. The summed E-state index contributed by atoms with van der Waals surface area (Å²) in [7, 11) is 1.63. The van der Waals surface area contributed by atoms with Crippen LogP contribution in [0, 0.1) is 11.8 Å². The van der Waals surface area contributed by atoms with E-state index in [0.717, 1.165) is 16.9 Å². The minimum atomic E-state index is -1.18. The third-order valence-corrected chi connectivity index (χ3v) is 7.49. The SMILES string of the molecule is CC1=C(Br)C(O)C(C(=O)N[C@H]2COc3ccc(C#Cc4cccnc4)cc3N(C)C2=O)=CN1c1ccccc1. The summed E-state index contributed by atoms with van der Waals surface area (Å²) in [6, 6.07) is 17.5. The van der Waals surface area contributed by atoms with Crippen molar-refractivity contribution in [2.24, 2.45) is 0 Å². The third kappa shape index (κ3) is 5.43. The first-order valence-corrected chi connectivity index (χ1v) is 13.0. The quantitative estimate of drug-likeness (QED) is 0.456. The standard InChI is InChI=1S/C30H25BrN4O4/c1-19-27(31)28(36)23(17-35(19)22-8-4-3-5-9-22)29(37)33-24-18-39-26-13-12-20(15-25(26)34(2)30(24)38)10-11-21-7-6-14-32-16-21/h3-9,12-17,24,28,36H,18H2,1-2H3,(H,33,37)/t24-,28?/m0/s1. The largest absolute Gasteiger partial charge is 0.489 e. The Morgan fingerprint density at radius 3 is 2.64 bits per heavy atom. The highest BCUT2D eigenvalue weighted by Gasteiger charge is 2.35. The van der Waals surface area contributed by atoms with Crippen LogP contribution in [0.1, 0.15) is 18.1 Å². The number of nitrogens with zero attached hydrogens (tertiary/aromatic N) is 3. The molecule has 0 saturated heterocycles. The summed E-state index contributed by atoms with van der Waals surface area (Å²) in [5.41, 5.74) is 3.70. The molecule has 9 heteroatoms. The van der Waals surface area contributed by atoms with Crippen molar-refractivity contribution >= 4 is 39.1 Å². The summed E-state index contributed by atoms with van der Waals surface area (Å²) in [6.07, 6.45) is 3.77. The molecule has 0 radical (unpaired) electrons. The number of amides is 2. The summed E-state index contributed by atoms with van der Waals surface area (Å²) < 4.78 is 6.38. The van der Waals surface area contributed by atoms with Gasteiger partial charge in [0.2, 0.25) is 0 Å². The average Bonchev–Trinajstić information content (AvgIpc) is 3.08. The van der Waals surface area contributed by atoms with Crippen molar-refractivity contribution in [3.8, 4) is 17.6 Å². The monoisotopic (exact) mass is 584 g/mol. The van der Waals surface area contributed by atoms with E-state index >= 15 is 0 Å². The van der Waals surface area contributed by atoms with Gasteiger partial charge < -0.3 is 25.0 Å². The van der Waals surface area contributed by atoms with Crippen molar-refractivity contribution in [3.05, 3.63) is 106 Å². The highest BCUT2D eigenvalue weighted by Crippen LogP contribution is 2.34. The first-order chi connectivity index (χ1) is 18.8. The predicted octanol–water partition coefficient (Wildman–Crippen LogP) is 3.71. The number of nitrogens with one attached hydrogen (secondary N) is 1. The summed E-state index contributed by atoms with van der Waals surface area (Å²) in [4.78, 5) is 34.1. The van der Waals surface area contributed by atoms with Gasteiger partial charge in [0, 0.05) is 52.6 Å². The molecule has 3 heterocycles. The van der Waals surface area contributed by atoms with Gasteiger partial charge in [-0.3, -0.25) is 14.6 Å². The van der Waals surface area contributed by atoms with E-state index in [1.54, 1.807) is 37.8 Å². The molecule has 8 nitrogen and oxygen atoms in total. The van der Waals surface area contributed by atoms with Crippen LogP contribution < -0.4 is 19.9 Å². The summed E-state index contributed by atoms with van der Waals surface area (Å²) in [6.45, 7) is 1.78. The van der Waals surface area contributed by atoms with Gasteiger partial charge in [-0.25, -0.2) is 0 Å². The lowest BCUT2D eigenvalue weighted by atomic mass is 10.0. The molecule has 1 aromatic heterocycles. The van der Waals surface area contributed by atoms with Crippen molar-refractivity contribution in [2.45, 2.75) is 19.1 Å². The number of aliphatic hydroxyl groups is 1. The number of hydrogen-bond donors (Lipinski definition) is 2. The Bertz CT molecular complexity index is 1540. The Balaban J connectivity index is 1.35. The van der Waals surface area contributed by atoms with E-state index in [9.17, 15) is 14.7 Å². The van der Waals surface area contributed by atoms with Gasteiger partial charge in [-0.05, 0) is 49.4 Å². The number of ether oxygens (including phenoxy) is 1. The number of aliphatic hydroxyl groups excluding tert-OH is 1. The van der Waals surface area contributed by atoms with Crippen molar-refractivity contribution < 1.29 is 19.4 Å². The van der Waals surface area contributed by atoms with E-state index < -0.39 is 18.1 Å². The first-order valence-electron chi connectivity index (χ1n) is 12.2. The zero-order valence-corrected chi connectivity index (χ0v) is 22.8. The summed E-state index contributed by atoms with van der Waals surface area (Å²) in [5, 5.41) is 13.6. The van der Waals surface area contributed by atoms with E-state index in [4.69, 9.17) is 4.74 Å². The second kappa shape index (κ2) is 11.2. The van der Waals surface area contributed by atoms with Crippen molar-refractivity contribution in [1.82, 2.24) is 10.3 Å². The predicted molar refractivity (Wildman–Crippen MR) is 152 cm³/mol. The lowest BCUT2D eigenvalue weighted by Gasteiger charge is -2.31. The third-order valence-electron chi connectivity index (χ3n) is 6.48. The second-order valence-electron chi connectivity index (χ2n) is 9.03. The Morgan fingerprint density at radius 2 is 1.90 bits per heavy atom. The number of carbonyl (C=O) groups excluding carboxylic acids is 2. The maximum absolute atomic E-state index is 13.4. The fourth-order valence-corrected chi connectivity index (χ4v) is 4.74. The highest BCUT2D eigenvalue weighted by molar-refractivity contribution is 9.11. The van der Waals surface area contributed by atoms with Gasteiger partial charge in [-0.2, -0.15) is 0 Å². The first kappa shape index (κ1) is 26.2. The number of benzene rings is 2. The molecule has 196 valence electrons. The molecule has 2 atom stereocenters. The molecule has 2 amide bonds. The molecule has 0 fully saturated rings. The van der Waals surface area contributed by atoms with Gasteiger partial charge in [0.1, 0.15) is 24.5 Å². The van der Waals surface area contributed by atoms with Crippen LogP contribution in [0.4, 0.5) is 11.4 Å². The normalized spacial score (nSPS) is 18.8. The van der Waals surface area contributed by atoms with Crippen LogP contribution in [0.3, 0.4) is 0 Å². The molecule has 39 heavy (non-hydrogen) atoms. The van der Waals surface area contributed by atoms with Crippen LogP contribution in [-0.4, -0.2) is 47.7 Å². The van der Waals surface area contributed by atoms with Crippen molar-refractivity contribution in [2.75, 3.05) is 23.5 Å². The number of fused-ring (bicyclic) bond motifs is 1. The minimum Gasteiger partial charge on any atom is -0.489 e. The van der Waals surface area contributed by atoms with Crippen molar-refractivity contribution in [1.29, 1.82) is 0 Å². The van der Waals surface area contributed by atoms with Gasteiger partial charge in [0.15, 0.2) is 0 Å². The Morgan fingerprint density at radius 1 is 1.13 bits per heavy atom. The molecule has 0 aliphatic carbocycles. The van der Waals surface area contributed by atoms with E-state index in [2.05, 4.69) is 38.1 Å². The number of hydrogen-bond acceptors (Lipinski definition) is 6. The molecule has 5 rings (SSSR count). The van der Waals surface area contributed by atoms with Crippen LogP contribution in [0.25, 0.3) is 0 Å². The molecule has 3 aromatic rings. The molecule has 0 bridgehead atoms. The molecule has 0 saturated carbocycles. The zero-order valence-electron chi connectivity index (χ0n) is 21.3. The van der Waals surface area contributed by atoms with E-state index in [1.807, 2.05) is 60.4 Å². The van der Waals surface area contributed by atoms with Crippen molar-refractivity contribution in [3.63, 3.8) is 0 Å². The smallest absolute Gasteiger partial charge is 0.252 e. The van der Waals surface area contributed by atoms with Crippen LogP contribution in [0.5, 0.6) is 5.75 Å².